The van der Waals surface area contributed by atoms with Crippen LogP contribution in [0, 0.1) is 5.41 Å². The van der Waals surface area contributed by atoms with Gasteiger partial charge >= 0.3 is 5.97 Å². The molecule has 37 heavy (non-hydrogen) atoms. The van der Waals surface area contributed by atoms with Gasteiger partial charge < -0.3 is 4.74 Å². The van der Waals surface area contributed by atoms with Gasteiger partial charge in [0.05, 0.1) is 5.41 Å². The maximum Gasteiger partial charge on any atom is 0.311 e. The number of rotatable bonds is 4. The monoisotopic (exact) mass is 498 g/mol. The van der Waals surface area contributed by atoms with Crippen LogP contribution >= 0.6 is 0 Å². The molecule has 2 heteroatoms. The first-order valence-corrected chi connectivity index (χ1v) is 14.0. The Kier molecular flexibility index (Phi) is 11.4. The minimum absolute atomic E-state index is 0.136. The Bertz CT molecular complexity index is 1240. The highest BCUT2D eigenvalue weighted by molar-refractivity contribution is 5.92. The number of esters is 1. The summed E-state index contributed by atoms with van der Waals surface area (Å²) in [4.78, 5) is 11.9. The van der Waals surface area contributed by atoms with Crippen molar-refractivity contribution >= 4 is 27.5 Å². The predicted octanol–water partition coefficient (Wildman–Crippen LogP) is 10.4. The second-order valence-corrected chi connectivity index (χ2v) is 9.87. The number of carbonyl (C=O) groups excluding carboxylic acids is 1. The van der Waals surface area contributed by atoms with E-state index >= 15 is 0 Å². The molecule has 0 amide bonds. The van der Waals surface area contributed by atoms with Crippen molar-refractivity contribution in [1.29, 1.82) is 0 Å². The molecule has 2 nitrogen and oxygen atoms in total. The largest absolute Gasteiger partial charge is 0.460 e. The number of hydrogen-bond donors (Lipinski definition) is 0. The molecule has 1 aliphatic rings. The van der Waals surface area contributed by atoms with Crippen LogP contribution < -0.4 is 0 Å². The summed E-state index contributed by atoms with van der Waals surface area (Å²) in [7, 11) is 0. The van der Waals surface area contributed by atoms with E-state index in [1.165, 1.54) is 32.7 Å². The van der Waals surface area contributed by atoms with Gasteiger partial charge in [-0.3, -0.25) is 4.79 Å². The van der Waals surface area contributed by atoms with Crippen LogP contribution in [0.5, 0.6) is 0 Å². The number of hydrogen-bond acceptors (Lipinski definition) is 2. The molecule has 5 rings (SSSR count). The maximum atomic E-state index is 11.9. The molecule has 4 aromatic rings. The van der Waals surface area contributed by atoms with Gasteiger partial charge in [0.2, 0.25) is 0 Å². The van der Waals surface area contributed by atoms with Crippen LogP contribution in [-0.2, 0) is 16.1 Å². The minimum Gasteiger partial charge on any atom is -0.460 e. The fraction of sp³-hybridized carbons (Fsp3) is 0.400. The quantitative estimate of drug-likeness (QED) is 0.262. The summed E-state index contributed by atoms with van der Waals surface area (Å²) in [6.45, 7) is 18.8. The van der Waals surface area contributed by atoms with Crippen molar-refractivity contribution in [3.63, 3.8) is 0 Å². The SMILES string of the molecule is CC.CC.CC1c2cccc3cccc(c23)C1C.CCC(C)(C)C(=O)OCc1ccc2ccccc2c1. The van der Waals surface area contributed by atoms with Crippen LogP contribution in [0.3, 0.4) is 0 Å². The highest BCUT2D eigenvalue weighted by Gasteiger charge is 2.27. The van der Waals surface area contributed by atoms with Crippen molar-refractivity contribution in [3.05, 3.63) is 95.6 Å². The van der Waals surface area contributed by atoms with Crippen LogP contribution in [-0.4, -0.2) is 5.97 Å². The van der Waals surface area contributed by atoms with Gasteiger partial charge in [0, 0.05) is 0 Å². The van der Waals surface area contributed by atoms with Crippen molar-refractivity contribution in [3.8, 4) is 0 Å². The molecule has 1 aliphatic carbocycles. The van der Waals surface area contributed by atoms with Gasteiger partial charge in [-0.15, -0.1) is 0 Å². The van der Waals surface area contributed by atoms with Crippen LogP contribution in [0.4, 0.5) is 0 Å². The standard InChI is InChI=1S/C17H20O2.C14H14.2C2H6/c1-4-17(2,3)16(18)19-12-13-9-10-14-7-5-6-8-15(14)11-13;1-9-10(2)13-8-4-6-11-5-3-7-12(9)14(11)13;2*1-2/h5-11H,4,12H2,1-3H3;3-10H,1-2H3;2*1-2H3. The molecule has 2 atom stereocenters. The van der Waals surface area contributed by atoms with E-state index in [9.17, 15) is 4.79 Å². The molecule has 0 bridgehead atoms. The zero-order valence-electron chi connectivity index (χ0n) is 24.4. The Labute approximate surface area is 225 Å². The molecule has 0 aliphatic heterocycles. The fourth-order valence-corrected chi connectivity index (χ4v) is 4.51. The average Bonchev–Trinajstić information content (AvgIpc) is 3.20. The van der Waals surface area contributed by atoms with Crippen LogP contribution in [0.1, 0.15) is 97.3 Å². The first kappa shape index (κ1) is 30.1. The Balaban J connectivity index is 0.000000236. The molecule has 0 heterocycles. The van der Waals surface area contributed by atoms with Crippen molar-refractivity contribution in [2.75, 3.05) is 0 Å². The van der Waals surface area contributed by atoms with Gasteiger partial charge in [0.1, 0.15) is 6.61 Å². The van der Waals surface area contributed by atoms with Crippen LogP contribution in [0.2, 0.25) is 0 Å². The molecular formula is C35H46O2. The van der Waals surface area contributed by atoms with E-state index in [0.29, 0.717) is 18.4 Å². The summed E-state index contributed by atoms with van der Waals surface area (Å²) in [5, 5.41) is 5.28. The molecule has 0 saturated carbocycles. The number of benzene rings is 4. The normalized spacial score (nSPS) is 15.5. The van der Waals surface area contributed by atoms with Gasteiger partial charge in [-0.1, -0.05) is 121 Å². The zero-order chi connectivity index (χ0) is 27.6. The molecule has 0 saturated heterocycles. The fourth-order valence-electron chi connectivity index (χ4n) is 4.51. The molecule has 0 spiro atoms. The van der Waals surface area contributed by atoms with Crippen molar-refractivity contribution < 1.29 is 9.53 Å². The summed E-state index contributed by atoms with van der Waals surface area (Å²) >= 11 is 0. The van der Waals surface area contributed by atoms with Crippen molar-refractivity contribution in [1.82, 2.24) is 0 Å². The van der Waals surface area contributed by atoms with Crippen LogP contribution in [0.15, 0.2) is 78.9 Å². The Hall–Kier alpha value is -3.13. The Morgan fingerprint density at radius 3 is 1.78 bits per heavy atom. The molecule has 2 unspecified atom stereocenters. The van der Waals surface area contributed by atoms with Gasteiger partial charge in [0.25, 0.3) is 0 Å². The predicted molar refractivity (Wildman–Crippen MR) is 161 cm³/mol. The van der Waals surface area contributed by atoms with Crippen LogP contribution in [0.25, 0.3) is 21.5 Å². The second kappa shape index (κ2) is 14.0. The lowest BCUT2D eigenvalue weighted by Crippen LogP contribution is -2.25. The summed E-state index contributed by atoms with van der Waals surface area (Å²) in [5.41, 5.74) is 3.69. The number of carbonyl (C=O) groups is 1. The number of fused-ring (bicyclic) bond motifs is 1. The lowest BCUT2D eigenvalue weighted by atomic mass is 9.91. The topological polar surface area (TPSA) is 26.3 Å². The maximum absolute atomic E-state index is 11.9. The van der Waals surface area contributed by atoms with Crippen molar-refractivity contribution in [2.45, 2.75) is 87.2 Å². The first-order chi connectivity index (χ1) is 17.8. The Morgan fingerprint density at radius 2 is 1.24 bits per heavy atom. The van der Waals surface area contributed by atoms with Gasteiger partial charge in [-0.2, -0.15) is 0 Å². The van der Waals surface area contributed by atoms with Gasteiger partial charge in [-0.25, -0.2) is 0 Å². The summed E-state index contributed by atoms with van der Waals surface area (Å²) in [6.07, 6.45) is 0.781. The summed E-state index contributed by atoms with van der Waals surface area (Å²) in [5.74, 6) is 1.22. The van der Waals surface area contributed by atoms with Gasteiger partial charge in [0.15, 0.2) is 0 Å². The molecule has 0 fully saturated rings. The summed E-state index contributed by atoms with van der Waals surface area (Å²) < 4.78 is 5.39. The van der Waals surface area contributed by atoms with E-state index in [4.69, 9.17) is 4.74 Å². The Morgan fingerprint density at radius 1 is 0.730 bits per heavy atom. The molecule has 0 N–H and O–H groups in total. The number of ether oxygens (including phenoxy) is 1. The highest BCUT2D eigenvalue weighted by Crippen LogP contribution is 2.45. The zero-order valence-corrected chi connectivity index (χ0v) is 24.4. The first-order valence-electron chi connectivity index (χ1n) is 14.0. The van der Waals surface area contributed by atoms with Gasteiger partial charge in [-0.05, 0) is 76.4 Å². The minimum atomic E-state index is -0.406. The van der Waals surface area contributed by atoms with E-state index in [1.54, 1.807) is 0 Å². The van der Waals surface area contributed by atoms with E-state index in [0.717, 1.165) is 12.0 Å². The highest BCUT2D eigenvalue weighted by atomic mass is 16.5. The lowest BCUT2D eigenvalue weighted by Gasteiger charge is -2.20. The molecule has 4 aromatic carbocycles. The second-order valence-electron chi connectivity index (χ2n) is 9.87. The van der Waals surface area contributed by atoms with E-state index < -0.39 is 5.41 Å². The molecule has 0 aromatic heterocycles. The average molecular weight is 499 g/mol. The molecule has 0 radical (unpaired) electrons. The lowest BCUT2D eigenvalue weighted by molar-refractivity contribution is -0.155. The van der Waals surface area contributed by atoms with E-state index in [-0.39, 0.29) is 5.97 Å². The third kappa shape index (κ3) is 7.01. The molecular weight excluding hydrogens is 452 g/mol. The summed E-state index contributed by atoms with van der Waals surface area (Å²) in [6, 6.07) is 27.7. The van der Waals surface area contributed by atoms with E-state index in [1.807, 2.05) is 66.7 Å². The molecule has 198 valence electrons. The van der Waals surface area contributed by atoms with E-state index in [2.05, 4.69) is 74.5 Å². The smallest absolute Gasteiger partial charge is 0.311 e. The third-order valence-electron chi connectivity index (χ3n) is 7.32. The third-order valence-corrected chi connectivity index (χ3v) is 7.32. The van der Waals surface area contributed by atoms with Crippen molar-refractivity contribution in [2.24, 2.45) is 5.41 Å².